The number of rotatable bonds is 7. The molecule has 1 heterocycles. The zero-order valence-electron chi connectivity index (χ0n) is 20.4. The van der Waals surface area contributed by atoms with Crippen LogP contribution < -0.4 is 10.4 Å². The highest BCUT2D eigenvalue weighted by atomic mass is 35.5. The SMILES string of the molecule is OCc1ccc(Cn2/c(=N\c3ccc(OC(F)(F)F)cc3)n(Cc3ccccc3)c3cc(Cl)c(Cl)cc32)cc1. The van der Waals surface area contributed by atoms with Gasteiger partial charge in [-0.1, -0.05) is 77.8 Å². The number of aliphatic hydroxyl groups is 1. The molecule has 39 heavy (non-hydrogen) atoms. The summed E-state index contributed by atoms with van der Waals surface area (Å²) in [6.45, 7) is 0.808. The Kier molecular flexibility index (Phi) is 7.70. The van der Waals surface area contributed by atoms with Crippen LogP contribution in [0.5, 0.6) is 5.75 Å². The van der Waals surface area contributed by atoms with Gasteiger partial charge in [0, 0.05) is 0 Å². The van der Waals surface area contributed by atoms with Crippen LogP contribution in [-0.4, -0.2) is 20.6 Å². The highest BCUT2D eigenvalue weighted by Crippen LogP contribution is 2.29. The van der Waals surface area contributed by atoms with Gasteiger partial charge >= 0.3 is 6.36 Å². The molecule has 5 aromatic rings. The summed E-state index contributed by atoms with van der Waals surface area (Å²) < 4.78 is 45.9. The minimum Gasteiger partial charge on any atom is -0.406 e. The van der Waals surface area contributed by atoms with Crippen molar-refractivity contribution in [1.82, 2.24) is 9.13 Å². The Bertz CT molecular complexity index is 1660. The van der Waals surface area contributed by atoms with E-state index in [1.807, 2.05) is 63.7 Å². The predicted octanol–water partition coefficient (Wildman–Crippen LogP) is 7.47. The summed E-state index contributed by atoms with van der Waals surface area (Å²) in [6, 6.07) is 26.3. The molecule has 0 fully saturated rings. The van der Waals surface area contributed by atoms with E-state index in [1.54, 1.807) is 12.1 Å². The largest absolute Gasteiger partial charge is 0.573 e. The van der Waals surface area contributed by atoms with Crippen LogP contribution in [0.4, 0.5) is 18.9 Å². The molecule has 0 spiro atoms. The molecule has 0 aliphatic carbocycles. The van der Waals surface area contributed by atoms with E-state index in [2.05, 4.69) is 4.74 Å². The Labute approximate surface area is 231 Å². The van der Waals surface area contributed by atoms with Gasteiger partial charge in [-0.05, 0) is 53.1 Å². The second-order valence-corrected chi connectivity index (χ2v) is 9.66. The summed E-state index contributed by atoms with van der Waals surface area (Å²) in [5.41, 5.74) is 5.30. The topological polar surface area (TPSA) is 51.7 Å². The average molecular weight is 572 g/mol. The molecule has 0 bridgehead atoms. The van der Waals surface area contributed by atoms with Crippen molar-refractivity contribution in [1.29, 1.82) is 0 Å². The van der Waals surface area contributed by atoms with Gasteiger partial charge in [-0.15, -0.1) is 13.2 Å². The molecule has 1 aromatic heterocycles. The van der Waals surface area contributed by atoms with Gasteiger partial charge in [-0.3, -0.25) is 0 Å². The molecule has 0 atom stereocenters. The maximum Gasteiger partial charge on any atom is 0.573 e. The second-order valence-electron chi connectivity index (χ2n) is 8.84. The van der Waals surface area contributed by atoms with Crippen LogP contribution in [-0.2, 0) is 19.7 Å². The molecular weight excluding hydrogens is 550 g/mol. The molecule has 5 nitrogen and oxygen atoms in total. The van der Waals surface area contributed by atoms with Crippen LogP contribution in [0, 0.1) is 0 Å². The third kappa shape index (κ3) is 6.30. The van der Waals surface area contributed by atoms with Crippen LogP contribution in [0.1, 0.15) is 16.7 Å². The first-order chi connectivity index (χ1) is 18.7. The van der Waals surface area contributed by atoms with Crippen molar-refractivity contribution in [2.24, 2.45) is 4.99 Å². The Balaban J connectivity index is 1.71. The van der Waals surface area contributed by atoms with E-state index >= 15 is 0 Å². The molecule has 4 aromatic carbocycles. The van der Waals surface area contributed by atoms with Gasteiger partial charge in [0.15, 0.2) is 0 Å². The van der Waals surface area contributed by atoms with E-state index in [4.69, 9.17) is 28.2 Å². The van der Waals surface area contributed by atoms with Crippen LogP contribution >= 0.6 is 23.2 Å². The maximum absolute atomic E-state index is 12.7. The molecule has 0 radical (unpaired) electrons. The van der Waals surface area contributed by atoms with E-state index in [1.165, 1.54) is 24.3 Å². The average Bonchev–Trinajstić information content (AvgIpc) is 3.16. The summed E-state index contributed by atoms with van der Waals surface area (Å²) in [6.07, 6.45) is -4.78. The quantitative estimate of drug-likeness (QED) is 0.220. The highest BCUT2D eigenvalue weighted by Gasteiger charge is 2.31. The lowest BCUT2D eigenvalue weighted by atomic mass is 10.1. The number of hydrogen-bond acceptors (Lipinski definition) is 3. The van der Waals surface area contributed by atoms with Crippen molar-refractivity contribution < 1.29 is 23.0 Å². The molecule has 0 aliphatic rings. The van der Waals surface area contributed by atoms with E-state index < -0.39 is 6.36 Å². The highest BCUT2D eigenvalue weighted by molar-refractivity contribution is 6.42. The van der Waals surface area contributed by atoms with Gasteiger partial charge in [-0.2, -0.15) is 0 Å². The molecule has 5 rings (SSSR count). The Morgan fingerprint density at radius 2 is 1.23 bits per heavy atom. The molecule has 0 amide bonds. The van der Waals surface area contributed by atoms with Crippen molar-refractivity contribution in [2.75, 3.05) is 0 Å². The monoisotopic (exact) mass is 571 g/mol. The fraction of sp³-hybridized carbons (Fsp3) is 0.138. The third-order valence-electron chi connectivity index (χ3n) is 6.11. The Morgan fingerprint density at radius 1 is 0.718 bits per heavy atom. The predicted molar refractivity (Wildman–Crippen MR) is 145 cm³/mol. The van der Waals surface area contributed by atoms with Crippen LogP contribution in [0.15, 0.2) is 96.0 Å². The number of aliphatic hydroxyl groups excluding tert-OH is 1. The number of aromatic nitrogens is 2. The molecule has 0 unspecified atom stereocenters. The Hall–Kier alpha value is -3.72. The number of hydrogen-bond donors (Lipinski definition) is 1. The standard InChI is InChI=1S/C29H22Cl2F3N3O2/c30-24-14-26-27(15-25(24)31)37(17-20-6-8-21(18-38)9-7-20)28(36(26)16-19-4-2-1-3-5-19)35-22-10-12-23(13-11-22)39-29(32,33)34/h1-15,38H,16-18H2/b35-28-. The molecule has 0 saturated heterocycles. The van der Waals surface area contributed by atoms with E-state index in [-0.39, 0.29) is 12.4 Å². The summed E-state index contributed by atoms with van der Waals surface area (Å²) in [7, 11) is 0. The fourth-order valence-corrected chi connectivity index (χ4v) is 4.60. The van der Waals surface area contributed by atoms with E-state index in [9.17, 15) is 18.3 Å². The normalized spacial score (nSPS) is 12.3. The minimum atomic E-state index is -4.78. The number of nitrogens with zero attached hydrogens (tertiary/aromatic N) is 3. The molecular formula is C29H22Cl2F3N3O2. The number of benzene rings is 4. The lowest BCUT2D eigenvalue weighted by molar-refractivity contribution is -0.274. The van der Waals surface area contributed by atoms with Gasteiger partial charge in [0.2, 0.25) is 5.62 Å². The van der Waals surface area contributed by atoms with Crippen molar-refractivity contribution in [3.63, 3.8) is 0 Å². The Morgan fingerprint density at radius 3 is 1.74 bits per heavy atom. The fourth-order valence-electron chi connectivity index (χ4n) is 4.29. The lowest BCUT2D eigenvalue weighted by Crippen LogP contribution is -2.27. The zero-order chi connectivity index (χ0) is 27.6. The molecule has 0 aliphatic heterocycles. The number of ether oxygens (including phenoxy) is 1. The summed E-state index contributed by atoms with van der Waals surface area (Å²) in [5, 5.41) is 10.2. The van der Waals surface area contributed by atoms with Crippen molar-refractivity contribution in [3.8, 4) is 5.75 Å². The summed E-state index contributed by atoms with van der Waals surface area (Å²) in [4.78, 5) is 4.86. The summed E-state index contributed by atoms with van der Waals surface area (Å²) in [5.74, 6) is -0.332. The van der Waals surface area contributed by atoms with E-state index in [0.717, 1.165) is 27.7 Å². The van der Waals surface area contributed by atoms with Crippen LogP contribution in [0.2, 0.25) is 10.0 Å². The molecule has 1 N–H and O–H groups in total. The zero-order valence-corrected chi connectivity index (χ0v) is 21.9. The lowest BCUT2D eigenvalue weighted by Gasteiger charge is -2.09. The van der Waals surface area contributed by atoms with E-state index in [0.29, 0.717) is 34.4 Å². The first-order valence-corrected chi connectivity index (χ1v) is 12.7. The van der Waals surface area contributed by atoms with Gasteiger partial charge < -0.3 is 19.0 Å². The smallest absolute Gasteiger partial charge is 0.406 e. The number of imidazole rings is 1. The maximum atomic E-state index is 12.7. The molecule has 0 saturated carbocycles. The summed E-state index contributed by atoms with van der Waals surface area (Å²) >= 11 is 12.9. The van der Waals surface area contributed by atoms with Gasteiger partial charge in [-0.25, -0.2) is 4.99 Å². The molecule has 200 valence electrons. The van der Waals surface area contributed by atoms with Gasteiger partial charge in [0.05, 0.1) is 46.5 Å². The van der Waals surface area contributed by atoms with Crippen LogP contribution in [0.3, 0.4) is 0 Å². The molecule has 10 heteroatoms. The van der Waals surface area contributed by atoms with Gasteiger partial charge in [0.1, 0.15) is 5.75 Å². The number of fused-ring (bicyclic) bond motifs is 1. The third-order valence-corrected chi connectivity index (χ3v) is 6.83. The van der Waals surface area contributed by atoms with Gasteiger partial charge in [0.25, 0.3) is 0 Å². The number of halogens is 5. The van der Waals surface area contributed by atoms with Crippen molar-refractivity contribution in [2.45, 2.75) is 26.1 Å². The number of alkyl halides is 3. The minimum absolute atomic E-state index is 0.0630. The van der Waals surface area contributed by atoms with Crippen LogP contribution in [0.25, 0.3) is 11.0 Å². The second kappa shape index (κ2) is 11.2. The first kappa shape index (κ1) is 26.9. The van der Waals surface area contributed by atoms with Crippen molar-refractivity contribution in [3.05, 3.63) is 123 Å². The first-order valence-electron chi connectivity index (χ1n) is 11.9. The van der Waals surface area contributed by atoms with Crippen molar-refractivity contribution >= 4 is 39.9 Å².